The third kappa shape index (κ3) is 4.37. The molecule has 2 nitrogen and oxygen atoms in total. The molecule has 0 fully saturated rings. The Hall–Kier alpha value is -2.06. The van der Waals surface area contributed by atoms with Gasteiger partial charge in [-0.25, -0.2) is 0 Å². The number of ether oxygens (including phenoxy) is 1. The van der Waals surface area contributed by atoms with Crippen LogP contribution < -0.4 is 4.74 Å². The van der Waals surface area contributed by atoms with Crippen molar-refractivity contribution in [1.82, 2.24) is 4.98 Å². The lowest BCUT2D eigenvalue weighted by Crippen LogP contribution is -2.01. The highest BCUT2D eigenvalue weighted by atomic mass is 35.5. The molecule has 2 aromatic carbocycles. The Bertz CT molecular complexity index is 862. The summed E-state index contributed by atoms with van der Waals surface area (Å²) in [4.78, 5) is 4.48. The molecule has 1 atom stereocenters. The van der Waals surface area contributed by atoms with Gasteiger partial charge in [-0.15, -0.1) is 0 Å². The summed E-state index contributed by atoms with van der Waals surface area (Å²) in [5, 5.41) is 2.08. The third-order valence-electron chi connectivity index (χ3n) is 5.02. The van der Waals surface area contributed by atoms with Crippen molar-refractivity contribution >= 4 is 22.5 Å². The van der Waals surface area contributed by atoms with E-state index in [1.807, 2.05) is 30.5 Å². The minimum Gasteiger partial charge on any atom is -0.497 e. The number of aryl methyl sites for hydroxylation is 1. The predicted molar refractivity (Wildman–Crippen MR) is 110 cm³/mol. The number of hydrogen-bond acceptors (Lipinski definition) is 2. The molecule has 0 amide bonds. The zero-order valence-electron chi connectivity index (χ0n) is 15.5. The van der Waals surface area contributed by atoms with Gasteiger partial charge in [0.2, 0.25) is 0 Å². The molecular weight excluding hydrogens is 342 g/mol. The highest BCUT2D eigenvalue weighted by Crippen LogP contribution is 2.32. The summed E-state index contributed by atoms with van der Waals surface area (Å²) in [6.07, 6.45) is 7.57. The molecule has 1 heterocycles. The van der Waals surface area contributed by atoms with Crippen LogP contribution in [0.4, 0.5) is 0 Å². The van der Waals surface area contributed by atoms with Gasteiger partial charge < -0.3 is 4.74 Å². The van der Waals surface area contributed by atoms with Gasteiger partial charge in [-0.1, -0.05) is 43.1 Å². The van der Waals surface area contributed by atoms with Crippen molar-refractivity contribution in [2.75, 3.05) is 7.11 Å². The molecule has 1 aromatic heterocycles. The number of benzene rings is 2. The fourth-order valence-corrected chi connectivity index (χ4v) is 3.97. The summed E-state index contributed by atoms with van der Waals surface area (Å²) < 4.78 is 5.38. The molecule has 3 rings (SSSR count). The second-order valence-corrected chi connectivity index (χ2v) is 7.16. The van der Waals surface area contributed by atoms with Gasteiger partial charge in [0, 0.05) is 16.6 Å². The molecule has 0 aliphatic rings. The average Bonchev–Trinajstić information content (AvgIpc) is 2.67. The molecule has 0 saturated heterocycles. The third-order valence-corrected chi connectivity index (χ3v) is 5.36. The smallest absolute Gasteiger partial charge is 0.119 e. The number of fused-ring (bicyclic) bond motifs is 1. The molecule has 0 spiro atoms. The standard InChI is InChI=1S/C23H26ClNO/c1-3-7-17(20-10-4-5-11-22(20)24)8-6-9-18-14-15-25-23-13-12-19(26-2)16-21(18)23/h4-5,10-17H,3,6-9H2,1-2H3/t17-/m1/s1. The fourth-order valence-electron chi connectivity index (χ4n) is 3.68. The Morgan fingerprint density at radius 1 is 1.08 bits per heavy atom. The maximum Gasteiger partial charge on any atom is 0.119 e. The van der Waals surface area contributed by atoms with E-state index in [4.69, 9.17) is 16.3 Å². The first-order valence-electron chi connectivity index (χ1n) is 9.39. The lowest BCUT2D eigenvalue weighted by molar-refractivity contribution is 0.415. The van der Waals surface area contributed by atoms with E-state index in [1.54, 1.807) is 7.11 Å². The maximum absolute atomic E-state index is 6.44. The number of methoxy groups -OCH3 is 1. The van der Waals surface area contributed by atoms with Crippen LogP contribution in [0.25, 0.3) is 10.9 Å². The Balaban J connectivity index is 1.74. The van der Waals surface area contributed by atoms with Gasteiger partial charge in [0.05, 0.1) is 12.6 Å². The molecule has 3 heteroatoms. The van der Waals surface area contributed by atoms with E-state index in [2.05, 4.69) is 36.2 Å². The summed E-state index contributed by atoms with van der Waals surface area (Å²) in [5.41, 5.74) is 3.65. The number of aromatic nitrogens is 1. The van der Waals surface area contributed by atoms with Crippen LogP contribution in [0.15, 0.2) is 54.7 Å². The highest BCUT2D eigenvalue weighted by molar-refractivity contribution is 6.31. The van der Waals surface area contributed by atoms with Crippen LogP contribution in [-0.2, 0) is 6.42 Å². The SMILES string of the molecule is CCC[C@H](CCCc1ccnc2ccc(OC)cc12)c1ccccc1Cl. The minimum absolute atomic E-state index is 0.524. The first kappa shape index (κ1) is 18.7. The predicted octanol–water partition coefficient (Wildman–Crippen LogP) is 6.80. The van der Waals surface area contributed by atoms with Crippen LogP contribution in [0.2, 0.25) is 5.02 Å². The summed E-state index contributed by atoms with van der Waals surface area (Å²) >= 11 is 6.44. The monoisotopic (exact) mass is 367 g/mol. The lowest BCUT2D eigenvalue weighted by Gasteiger charge is -2.18. The molecule has 0 unspecified atom stereocenters. The van der Waals surface area contributed by atoms with E-state index in [9.17, 15) is 0 Å². The van der Waals surface area contributed by atoms with Crippen LogP contribution in [-0.4, -0.2) is 12.1 Å². The molecule has 0 aliphatic heterocycles. The van der Waals surface area contributed by atoms with Crippen molar-refractivity contribution < 1.29 is 4.74 Å². The second-order valence-electron chi connectivity index (χ2n) is 6.75. The number of pyridine rings is 1. The van der Waals surface area contributed by atoms with Crippen LogP contribution >= 0.6 is 11.6 Å². The zero-order chi connectivity index (χ0) is 18.4. The number of rotatable bonds is 8. The molecule has 3 aromatic rings. The van der Waals surface area contributed by atoms with Crippen molar-refractivity contribution in [3.63, 3.8) is 0 Å². The van der Waals surface area contributed by atoms with Crippen LogP contribution in [0.5, 0.6) is 5.75 Å². The van der Waals surface area contributed by atoms with Gasteiger partial charge in [-0.05, 0) is 73.1 Å². The van der Waals surface area contributed by atoms with Crippen molar-refractivity contribution in [3.05, 3.63) is 70.9 Å². The topological polar surface area (TPSA) is 22.1 Å². The van der Waals surface area contributed by atoms with Crippen molar-refractivity contribution in [3.8, 4) is 5.75 Å². The van der Waals surface area contributed by atoms with E-state index in [0.29, 0.717) is 5.92 Å². The Labute approximate surface area is 161 Å². The quantitative estimate of drug-likeness (QED) is 0.436. The Kier molecular flexibility index (Phi) is 6.51. The summed E-state index contributed by atoms with van der Waals surface area (Å²) in [6, 6.07) is 16.5. The van der Waals surface area contributed by atoms with Gasteiger partial charge in [0.1, 0.15) is 5.75 Å². The van der Waals surface area contributed by atoms with E-state index in [0.717, 1.165) is 35.6 Å². The molecule has 0 radical (unpaired) electrons. The second kappa shape index (κ2) is 9.05. The van der Waals surface area contributed by atoms with Crippen LogP contribution in [0.1, 0.15) is 49.7 Å². The average molecular weight is 368 g/mol. The Morgan fingerprint density at radius 2 is 1.92 bits per heavy atom. The molecular formula is C23H26ClNO. The van der Waals surface area contributed by atoms with Gasteiger partial charge in [-0.3, -0.25) is 4.98 Å². The molecule has 0 aliphatic carbocycles. The first-order valence-corrected chi connectivity index (χ1v) is 9.76. The number of nitrogens with zero attached hydrogens (tertiary/aromatic N) is 1. The molecule has 0 bridgehead atoms. The summed E-state index contributed by atoms with van der Waals surface area (Å²) in [6.45, 7) is 2.24. The fraction of sp³-hybridized carbons (Fsp3) is 0.348. The van der Waals surface area contributed by atoms with Gasteiger partial charge in [0.15, 0.2) is 0 Å². The van der Waals surface area contributed by atoms with E-state index in [-0.39, 0.29) is 0 Å². The van der Waals surface area contributed by atoms with Crippen LogP contribution in [0.3, 0.4) is 0 Å². The highest BCUT2D eigenvalue weighted by Gasteiger charge is 2.14. The molecule has 136 valence electrons. The number of hydrogen-bond donors (Lipinski definition) is 0. The Morgan fingerprint density at radius 3 is 2.69 bits per heavy atom. The van der Waals surface area contributed by atoms with E-state index >= 15 is 0 Å². The first-order chi connectivity index (χ1) is 12.7. The molecule has 0 saturated carbocycles. The normalized spacial score (nSPS) is 12.3. The van der Waals surface area contributed by atoms with Crippen molar-refractivity contribution in [2.24, 2.45) is 0 Å². The summed E-state index contributed by atoms with van der Waals surface area (Å²) in [5.74, 6) is 1.41. The lowest BCUT2D eigenvalue weighted by atomic mass is 9.88. The van der Waals surface area contributed by atoms with Gasteiger partial charge in [-0.2, -0.15) is 0 Å². The van der Waals surface area contributed by atoms with Gasteiger partial charge in [0.25, 0.3) is 0 Å². The summed E-state index contributed by atoms with van der Waals surface area (Å²) in [7, 11) is 1.70. The van der Waals surface area contributed by atoms with E-state index < -0.39 is 0 Å². The largest absolute Gasteiger partial charge is 0.497 e. The van der Waals surface area contributed by atoms with Crippen LogP contribution in [0, 0.1) is 0 Å². The van der Waals surface area contributed by atoms with Gasteiger partial charge >= 0.3 is 0 Å². The van der Waals surface area contributed by atoms with Crippen molar-refractivity contribution in [1.29, 1.82) is 0 Å². The minimum atomic E-state index is 0.524. The molecule has 26 heavy (non-hydrogen) atoms. The maximum atomic E-state index is 6.44. The molecule has 0 N–H and O–H groups in total. The van der Waals surface area contributed by atoms with E-state index in [1.165, 1.54) is 29.4 Å². The number of halogens is 1. The van der Waals surface area contributed by atoms with Crippen molar-refractivity contribution in [2.45, 2.75) is 44.9 Å². The zero-order valence-corrected chi connectivity index (χ0v) is 16.3.